The van der Waals surface area contributed by atoms with Crippen LogP contribution in [0.2, 0.25) is 5.02 Å². The zero-order valence-electron chi connectivity index (χ0n) is 13.4. The second kappa shape index (κ2) is 7.18. The maximum atomic E-state index is 6.61. The number of halogens is 1. The third kappa shape index (κ3) is 3.09. The van der Waals surface area contributed by atoms with Crippen molar-refractivity contribution in [3.63, 3.8) is 0 Å². The van der Waals surface area contributed by atoms with E-state index in [-0.39, 0.29) is 0 Å². The van der Waals surface area contributed by atoms with E-state index in [0.717, 1.165) is 16.7 Å². The number of hydrogen-bond acceptors (Lipinski definition) is 2. The molecule has 0 aliphatic rings. The van der Waals surface area contributed by atoms with E-state index in [9.17, 15) is 0 Å². The molecule has 0 fully saturated rings. The molecule has 3 rings (SSSR count). The van der Waals surface area contributed by atoms with Crippen molar-refractivity contribution < 1.29 is 0 Å². The van der Waals surface area contributed by atoms with E-state index < -0.39 is 11.6 Å². The van der Waals surface area contributed by atoms with Crippen molar-refractivity contribution in [2.75, 3.05) is 0 Å². The van der Waals surface area contributed by atoms with Gasteiger partial charge in [0.25, 0.3) is 0 Å². The highest BCUT2D eigenvalue weighted by molar-refractivity contribution is 6.31. The van der Waals surface area contributed by atoms with Crippen LogP contribution in [-0.4, -0.2) is 6.17 Å². The van der Waals surface area contributed by atoms with Crippen molar-refractivity contribution in [2.24, 2.45) is 11.5 Å². The number of benzene rings is 3. The van der Waals surface area contributed by atoms with Gasteiger partial charge >= 0.3 is 0 Å². The lowest BCUT2D eigenvalue weighted by Crippen LogP contribution is -2.42. The van der Waals surface area contributed by atoms with Crippen LogP contribution in [0.25, 0.3) is 0 Å². The first-order valence-corrected chi connectivity index (χ1v) is 8.39. The Bertz CT molecular complexity index is 746. The summed E-state index contributed by atoms with van der Waals surface area (Å²) in [7, 11) is 0. The molecule has 3 heteroatoms. The predicted molar refractivity (Wildman–Crippen MR) is 101 cm³/mol. The second-order valence-corrected chi connectivity index (χ2v) is 6.39. The fourth-order valence-corrected chi connectivity index (χ4v) is 3.73. The van der Waals surface area contributed by atoms with Crippen molar-refractivity contribution in [3.05, 3.63) is 107 Å². The van der Waals surface area contributed by atoms with Gasteiger partial charge in [0.15, 0.2) is 0 Å². The molecular formula is C21H21ClN2. The Labute approximate surface area is 148 Å². The minimum Gasteiger partial charge on any atom is -0.316 e. The van der Waals surface area contributed by atoms with Gasteiger partial charge in [0.05, 0.1) is 6.17 Å². The molecule has 0 atom stereocenters. The molecule has 0 radical (unpaired) electrons. The Morgan fingerprint density at radius 1 is 0.708 bits per heavy atom. The first-order chi connectivity index (χ1) is 11.6. The van der Waals surface area contributed by atoms with Crippen molar-refractivity contribution in [2.45, 2.75) is 18.0 Å². The van der Waals surface area contributed by atoms with Gasteiger partial charge < -0.3 is 11.5 Å². The van der Waals surface area contributed by atoms with Gasteiger partial charge in [0.1, 0.15) is 0 Å². The predicted octanol–water partition coefficient (Wildman–Crippen LogP) is 4.31. The molecule has 0 saturated heterocycles. The molecule has 0 aliphatic carbocycles. The highest BCUT2D eigenvalue weighted by Gasteiger charge is 2.38. The Morgan fingerprint density at radius 2 is 1.17 bits per heavy atom. The summed E-state index contributed by atoms with van der Waals surface area (Å²) >= 11 is 6.61. The van der Waals surface area contributed by atoms with Crippen LogP contribution in [0.3, 0.4) is 0 Å². The highest BCUT2D eigenvalue weighted by atomic mass is 35.5. The molecule has 3 aromatic rings. The van der Waals surface area contributed by atoms with Gasteiger partial charge in [-0.05, 0) is 29.2 Å². The maximum absolute atomic E-state index is 6.61. The van der Waals surface area contributed by atoms with Gasteiger partial charge in [-0.15, -0.1) is 0 Å². The molecule has 0 bridgehead atoms. The topological polar surface area (TPSA) is 52.0 Å². The lowest BCUT2D eigenvalue weighted by Gasteiger charge is -2.38. The molecular weight excluding hydrogens is 316 g/mol. The minimum absolute atomic E-state index is 0.471. The smallest absolute Gasteiger partial charge is 0.0536 e. The monoisotopic (exact) mass is 336 g/mol. The zero-order chi connectivity index (χ0) is 17.0. The number of nitrogens with two attached hydrogens (primary N) is 2. The van der Waals surface area contributed by atoms with Crippen LogP contribution >= 0.6 is 11.6 Å². The standard InChI is InChI=1S/C21H21ClN2/c22-19-14-8-7-13-18(19)21(15-20(23)24,16-9-3-1-4-10-16)17-11-5-2-6-12-17/h1-14,20H,15,23-24H2. The lowest BCUT2D eigenvalue weighted by molar-refractivity contribution is 0.488. The van der Waals surface area contributed by atoms with Gasteiger partial charge in [-0.1, -0.05) is 90.5 Å². The molecule has 3 aromatic carbocycles. The molecule has 0 saturated carbocycles. The first-order valence-electron chi connectivity index (χ1n) is 8.02. The van der Waals surface area contributed by atoms with E-state index in [0.29, 0.717) is 11.4 Å². The molecule has 0 spiro atoms. The lowest BCUT2D eigenvalue weighted by atomic mass is 9.67. The van der Waals surface area contributed by atoms with Gasteiger partial charge in [-0.2, -0.15) is 0 Å². The summed E-state index contributed by atoms with van der Waals surface area (Å²) in [5.74, 6) is 0. The summed E-state index contributed by atoms with van der Waals surface area (Å²) in [6.07, 6.45) is 0.0896. The van der Waals surface area contributed by atoms with Gasteiger partial charge in [-0.3, -0.25) is 0 Å². The quantitative estimate of drug-likeness (QED) is 0.539. The van der Waals surface area contributed by atoms with Crippen LogP contribution < -0.4 is 11.5 Å². The molecule has 0 unspecified atom stereocenters. The normalized spacial score (nSPS) is 11.7. The summed E-state index contributed by atoms with van der Waals surface area (Å²) in [6, 6.07) is 28.5. The summed E-state index contributed by atoms with van der Waals surface area (Å²) in [5, 5.41) is 0.714. The molecule has 122 valence electrons. The molecule has 4 N–H and O–H groups in total. The maximum Gasteiger partial charge on any atom is 0.0536 e. The third-order valence-corrected chi connectivity index (χ3v) is 4.74. The van der Waals surface area contributed by atoms with E-state index >= 15 is 0 Å². The fraction of sp³-hybridized carbons (Fsp3) is 0.143. The average molecular weight is 337 g/mol. The van der Waals surface area contributed by atoms with Crippen molar-refractivity contribution >= 4 is 11.6 Å². The number of hydrogen-bond donors (Lipinski definition) is 2. The SMILES string of the molecule is NC(N)CC(c1ccccc1)(c1ccccc1)c1ccccc1Cl. The second-order valence-electron chi connectivity index (χ2n) is 5.99. The summed E-state index contributed by atoms with van der Waals surface area (Å²) in [5.41, 5.74) is 14.9. The van der Waals surface area contributed by atoms with Crippen LogP contribution in [-0.2, 0) is 5.41 Å². The van der Waals surface area contributed by atoms with Crippen LogP contribution in [0.1, 0.15) is 23.1 Å². The van der Waals surface area contributed by atoms with Crippen LogP contribution in [0.15, 0.2) is 84.9 Å². The Kier molecular flexibility index (Phi) is 5.00. The Balaban J connectivity index is 2.35. The van der Waals surface area contributed by atoms with E-state index in [1.165, 1.54) is 0 Å². The van der Waals surface area contributed by atoms with Crippen LogP contribution in [0.5, 0.6) is 0 Å². The third-order valence-electron chi connectivity index (χ3n) is 4.41. The zero-order valence-corrected chi connectivity index (χ0v) is 14.2. The Morgan fingerprint density at radius 3 is 1.62 bits per heavy atom. The summed E-state index contributed by atoms with van der Waals surface area (Å²) < 4.78 is 0. The van der Waals surface area contributed by atoms with Crippen LogP contribution in [0, 0.1) is 0 Å². The number of rotatable bonds is 5. The summed E-state index contributed by atoms with van der Waals surface area (Å²) in [4.78, 5) is 0. The minimum atomic E-state index is -0.491. The molecule has 0 heterocycles. The van der Waals surface area contributed by atoms with E-state index in [2.05, 4.69) is 30.3 Å². The molecule has 24 heavy (non-hydrogen) atoms. The van der Waals surface area contributed by atoms with Gasteiger partial charge in [0.2, 0.25) is 0 Å². The largest absolute Gasteiger partial charge is 0.316 e. The van der Waals surface area contributed by atoms with Crippen molar-refractivity contribution in [3.8, 4) is 0 Å². The van der Waals surface area contributed by atoms with Gasteiger partial charge in [0, 0.05) is 10.4 Å². The molecule has 2 nitrogen and oxygen atoms in total. The van der Waals surface area contributed by atoms with Crippen LogP contribution in [0.4, 0.5) is 0 Å². The fourth-order valence-electron chi connectivity index (χ4n) is 3.43. The van der Waals surface area contributed by atoms with E-state index in [1.807, 2.05) is 54.6 Å². The average Bonchev–Trinajstić information content (AvgIpc) is 2.62. The first kappa shape index (κ1) is 16.7. The Hall–Kier alpha value is -2.13. The van der Waals surface area contributed by atoms with E-state index in [1.54, 1.807) is 0 Å². The van der Waals surface area contributed by atoms with E-state index in [4.69, 9.17) is 23.1 Å². The summed E-state index contributed by atoms with van der Waals surface area (Å²) in [6.45, 7) is 0. The molecule has 0 aliphatic heterocycles. The molecule has 0 amide bonds. The highest BCUT2D eigenvalue weighted by Crippen LogP contribution is 2.44. The van der Waals surface area contributed by atoms with Gasteiger partial charge in [-0.25, -0.2) is 0 Å². The van der Waals surface area contributed by atoms with Crippen molar-refractivity contribution in [1.29, 1.82) is 0 Å². The van der Waals surface area contributed by atoms with Crippen molar-refractivity contribution in [1.82, 2.24) is 0 Å². The molecule has 0 aromatic heterocycles.